The molecule has 1 N–H and O–H groups in total. The monoisotopic (exact) mass is 417 g/mol. The molecule has 8 nitrogen and oxygen atoms in total. The van der Waals surface area contributed by atoms with Gasteiger partial charge in [0.15, 0.2) is 0 Å². The number of fused-ring (bicyclic) bond motifs is 1. The van der Waals surface area contributed by atoms with E-state index in [1.807, 2.05) is 56.3 Å². The van der Waals surface area contributed by atoms with Crippen LogP contribution in [-0.2, 0) is 17.9 Å². The lowest BCUT2D eigenvalue weighted by atomic mass is 10.0. The summed E-state index contributed by atoms with van der Waals surface area (Å²) < 4.78 is 7.78. The van der Waals surface area contributed by atoms with Crippen LogP contribution in [-0.4, -0.2) is 32.4 Å². The summed E-state index contributed by atoms with van der Waals surface area (Å²) in [6.45, 7) is 4.17. The fourth-order valence-electron chi connectivity index (χ4n) is 3.37. The SMILES string of the molecule is COc1cccc(CNC(=O)Cn2ncn3nc(-c4cc(C)ccc4C)cc3c2=O)c1. The Labute approximate surface area is 179 Å². The number of carbonyl (C=O) groups is 1. The van der Waals surface area contributed by atoms with E-state index in [9.17, 15) is 9.59 Å². The van der Waals surface area contributed by atoms with E-state index >= 15 is 0 Å². The van der Waals surface area contributed by atoms with Gasteiger partial charge in [-0.15, -0.1) is 0 Å². The number of benzene rings is 2. The maximum absolute atomic E-state index is 12.9. The van der Waals surface area contributed by atoms with E-state index in [2.05, 4.69) is 15.5 Å². The molecule has 2 heterocycles. The molecule has 4 aromatic rings. The van der Waals surface area contributed by atoms with Crippen LogP contribution < -0.4 is 15.6 Å². The number of aromatic nitrogens is 4. The molecule has 0 aliphatic rings. The fourth-order valence-corrected chi connectivity index (χ4v) is 3.37. The normalized spacial score (nSPS) is 10.9. The van der Waals surface area contributed by atoms with Gasteiger partial charge in [0.25, 0.3) is 5.56 Å². The number of hydrogen-bond acceptors (Lipinski definition) is 5. The Morgan fingerprint density at radius 1 is 1.13 bits per heavy atom. The first-order valence-electron chi connectivity index (χ1n) is 9.87. The van der Waals surface area contributed by atoms with Gasteiger partial charge < -0.3 is 10.1 Å². The molecule has 2 aromatic carbocycles. The van der Waals surface area contributed by atoms with E-state index in [4.69, 9.17) is 4.74 Å². The summed E-state index contributed by atoms with van der Waals surface area (Å²) in [5.41, 5.74) is 4.73. The largest absolute Gasteiger partial charge is 0.497 e. The molecule has 2 aromatic heterocycles. The van der Waals surface area contributed by atoms with Crippen molar-refractivity contribution in [2.45, 2.75) is 26.9 Å². The second kappa shape index (κ2) is 8.43. The van der Waals surface area contributed by atoms with Crippen LogP contribution in [0.3, 0.4) is 0 Å². The first-order valence-corrected chi connectivity index (χ1v) is 9.87. The molecule has 0 aliphatic carbocycles. The van der Waals surface area contributed by atoms with Gasteiger partial charge in [0.1, 0.15) is 24.1 Å². The maximum Gasteiger partial charge on any atom is 0.293 e. The van der Waals surface area contributed by atoms with Crippen molar-refractivity contribution in [3.05, 3.63) is 81.9 Å². The Hall–Kier alpha value is -3.94. The molecule has 31 heavy (non-hydrogen) atoms. The molecule has 0 atom stereocenters. The maximum atomic E-state index is 12.9. The van der Waals surface area contributed by atoms with E-state index in [0.29, 0.717) is 17.8 Å². The van der Waals surface area contributed by atoms with Crippen LogP contribution in [0, 0.1) is 13.8 Å². The molecule has 0 unspecified atom stereocenters. The number of rotatable bonds is 6. The molecule has 8 heteroatoms. The van der Waals surface area contributed by atoms with Crippen molar-refractivity contribution >= 4 is 11.4 Å². The molecule has 0 aliphatic heterocycles. The third kappa shape index (κ3) is 4.32. The van der Waals surface area contributed by atoms with Crippen LogP contribution in [0.4, 0.5) is 0 Å². The molecule has 0 radical (unpaired) electrons. The van der Waals surface area contributed by atoms with Crippen molar-refractivity contribution in [3.63, 3.8) is 0 Å². The van der Waals surface area contributed by atoms with Crippen LogP contribution in [0.1, 0.15) is 16.7 Å². The molecular formula is C23H23N5O3. The third-order valence-corrected chi connectivity index (χ3v) is 5.08. The zero-order valence-electron chi connectivity index (χ0n) is 17.6. The Morgan fingerprint density at radius 2 is 1.97 bits per heavy atom. The van der Waals surface area contributed by atoms with Gasteiger partial charge in [0, 0.05) is 12.1 Å². The Kier molecular flexibility index (Phi) is 5.53. The van der Waals surface area contributed by atoms with Crippen molar-refractivity contribution in [1.29, 1.82) is 0 Å². The molecule has 158 valence electrons. The van der Waals surface area contributed by atoms with Gasteiger partial charge in [-0.05, 0) is 49.2 Å². The predicted octanol–water partition coefficient (Wildman–Crippen LogP) is 2.50. The molecule has 0 saturated carbocycles. The third-order valence-electron chi connectivity index (χ3n) is 5.08. The number of carbonyl (C=O) groups excluding carboxylic acids is 1. The minimum atomic E-state index is -0.372. The minimum absolute atomic E-state index is 0.177. The number of nitrogens with zero attached hydrogens (tertiary/aromatic N) is 4. The zero-order valence-corrected chi connectivity index (χ0v) is 17.6. The standard InChI is InChI=1S/C23H23N5O3/c1-15-7-8-16(2)19(9-15)20-11-21-23(30)27(25-14-28(21)26-20)13-22(29)24-12-17-5-4-6-18(10-17)31-3/h4-11,14H,12-13H2,1-3H3,(H,24,29). The van der Waals surface area contributed by atoms with Crippen molar-refractivity contribution in [1.82, 2.24) is 24.7 Å². The van der Waals surface area contributed by atoms with Gasteiger partial charge in [-0.2, -0.15) is 10.2 Å². The quantitative estimate of drug-likeness (QED) is 0.521. The highest BCUT2D eigenvalue weighted by molar-refractivity contribution is 5.76. The Bertz CT molecular complexity index is 1320. The van der Waals surface area contributed by atoms with Crippen LogP contribution >= 0.6 is 0 Å². The summed E-state index contributed by atoms with van der Waals surface area (Å²) in [4.78, 5) is 25.2. The molecule has 0 fully saturated rings. The van der Waals surface area contributed by atoms with Gasteiger partial charge in [-0.1, -0.05) is 29.8 Å². The lowest BCUT2D eigenvalue weighted by Gasteiger charge is -2.08. The van der Waals surface area contributed by atoms with E-state index in [-0.39, 0.29) is 18.0 Å². The number of nitrogens with one attached hydrogen (secondary N) is 1. The van der Waals surface area contributed by atoms with Crippen molar-refractivity contribution < 1.29 is 9.53 Å². The summed E-state index contributed by atoms with van der Waals surface area (Å²) in [6, 6.07) is 15.3. The highest BCUT2D eigenvalue weighted by Gasteiger charge is 2.13. The molecule has 4 rings (SSSR count). The van der Waals surface area contributed by atoms with Gasteiger partial charge in [0.05, 0.1) is 12.8 Å². The van der Waals surface area contributed by atoms with Gasteiger partial charge in [0.2, 0.25) is 5.91 Å². The van der Waals surface area contributed by atoms with Crippen molar-refractivity contribution in [3.8, 4) is 17.0 Å². The first-order chi connectivity index (χ1) is 14.9. The van der Waals surface area contributed by atoms with Crippen LogP contribution in [0.5, 0.6) is 5.75 Å². The molecular weight excluding hydrogens is 394 g/mol. The molecule has 0 bridgehead atoms. The summed E-state index contributed by atoms with van der Waals surface area (Å²) in [5, 5.41) is 11.4. The second-order valence-electron chi connectivity index (χ2n) is 7.40. The number of aryl methyl sites for hydroxylation is 2. The number of methoxy groups -OCH3 is 1. The first kappa shape index (κ1) is 20.3. The number of ether oxygens (including phenoxy) is 1. The zero-order chi connectivity index (χ0) is 22.0. The highest BCUT2D eigenvalue weighted by atomic mass is 16.5. The lowest BCUT2D eigenvalue weighted by molar-refractivity contribution is -0.122. The summed E-state index contributed by atoms with van der Waals surface area (Å²) in [6.07, 6.45) is 1.45. The smallest absolute Gasteiger partial charge is 0.293 e. The van der Waals surface area contributed by atoms with E-state index < -0.39 is 0 Å². The number of hydrogen-bond donors (Lipinski definition) is 1. The second-order valence-corrected chi connectivity index (χ2v) is 7.40. The topological polar surface area (TPSA) is 90.5 Å². The average Bonchev–Trinajstić information content (AvgIpc) is 3.21. The molecule has 0 saturated heterocycles. The Balaban J connectivity index is 1.53. The minimum Gasteiger partial charge on any atom is -0.497 e. The van der Waals surface area contributed by atoms with E-state index in [0.717, 1.165) is 32.7 Å². The van der Waals surface area contributed by atoms with Gasteiger partial charge >= 0.3 is 0 Å². The van der Waals surface area contributed by atoms with Gasteiger partial charge in [-0.25, -0.2) is 9.20 Å². The summed E-state index contributed by atoms with van der Waals surface area (Å²) in [5.74, 6) is 0.409. The lowest BCUT2D eigenvalue weighted by Crippen LogP contribution is -2.34. The molecule has 0 spiro atoms. The highest BCUT2D eigenvalue weighted by Crippen LogP contribution is 2.23. The Morgan fingerprint density at radius 3 is 2.77 bits per heavy atom. The van der Waals surface area contributed by atoms with E-state index in [1.165, 1.54) is 10.8 Å². The number of amides is 1. The average molecular weight is 417 g/mol. The fraction of sp³-hybridized carbons (Fsp3) is 0.217. The predicted molar refractivity (Wildman–Crippen MR) is 117 cm³/mol. The summed E-state index contributed by atoms with van der Waals surface area (Å²) >= 11 is 0. The van der Waals surface area contributed by atoms with Crippen molar-refractivity contribution in [2.24, 2.45) is 0 Å². The van der Waals surface area contributed by atoms with Crippen molar-refractivity contribution in [2.75, 3.05) is 7.11 Å². The van der Waals surface area contributed by atoms with Crippen LogP contribution in [0.2, 0.25) is 0 Å². The van der Waals surface area contributed by atoms with E-state index in [1.54, 1.807) is 13.2 Å². The van der Waals surface area contributed by atoms with Gasteiger partial charge in [-0.3, -0.25) is 9.59 Å². The van der Waals surface area contributed by atoms with Crippen LogP contribution in [0.25, 0.3) is 16.8 Å². The van der Waals surface area contributed by atoms with Crippen LogP contribution in [0.15, 0.2) is 59.7 Å². The molecule has 1 amide bonds. The summed E-state index contributed by atoms with van der Waals surface area (Å²) in [7, 11) is 1.59.